The lowest BCUT2D eigenvalue weighted by Gasteiger charge is -2.26. The molecular weight excluding hydrogens is 280 g/mol. The van der Waals surface area contributed by atoms with Crippen LogP contribution in [0.25, 0.3) is 0 Å². The number of aryl methyl sites for hydroxylation is 1. The van der Waals surface area contributed by atoms with Crippen LogP contribution in [0, 0.1) is 6.92 Å². The molecule has 1 N–H and O–H groups in total. The zero-order valence-corrected chi connectivity index (χ0v) is 15.0. The molecular formula is C21H30N2. The average Bonchev–Trinajstić information content (AvgIpc) is 2.57. The van der Waals surface area contributed by atoms with Crippen LogP contribution in [-0.2, 0) is 6.54 Å². The van der Waals surface area contributed by atoms with Gasteiger partial charge in [-0.1, -0.05) is 55.8 Å². The van der Waals surface area contributed by atoms with E-state index in [-0.39, 0.29) is 0 Å². The first-order valence-electron chi connectivity index (χ1n) is 8.70. The van der Waals surface area contributed by atoms with Gasteiger partial charge >= 0.3 is 0 Å². The highest BCUT2D eigenvalue weighted by molar-refractivity contribution is 5.53. The van der Waals surface area contributed by atoms with Gasteiger partial charge in [0, 0.05) is 24.8 Å². The lowest BCUT2D eigenvalue weighted by Crippen LogP contribution is -2.22. The van der Waals surface area contributed by atoms with Gasteiger partial charge < -0.3 is 5.32 Å². The van der Waals surface area contributed by atoms with E-state index in [2.05, 4.69) is 86.6 Å². The maximum absolute atomic E-state index is 3.58. The van der Waals surface area contributed by atoms with Gasteiger partial charge in [0.2, 0.25) is 0 Å². The molecule has 0 heterocycles. The Bertz CT molecular complexity index is 592. The summed E-state index contributed by atoms with van der Waals surface area (Å²) in [4.78, 5) is 2.40. The van der Waals surface area contributed by atoms with Crippen molar-refractivity contribution in [2.75, 3.05) is 18.9 Å². The van der Waals surface area contributed by atoms with E-state index in [1.54, 1.807) is 0 Å². The largest absolute Gasteiger partial charge is 0.385 e. The van der Waals surface area contributed by atoms with Crippen LogP contribution in [-0.4, -0.2) is 18.5 Å². The summed E-state index contributed by atoms with van der Waals surface area (Å²) in [5.74, 6) is 0. The topological polar surface area (TPSA) is 15.3 Å². The lowest BCUT2D eigenvalue weighted by molar-refractivity contribution is 0.253. The number of nitrogens with zero attached hydrogens (tertiary/aromatic N) is 1. The van der Waals surface area contributed by atoms with Gasteiger partial charge in [-0.2, -0.15) is 0 Å². The summed E-state index contributed by atoms with van der Waals surface area (Å²) >= 11 is 0. The molecule has 0 spiro atoms. The Kier molecular flexibility index (Phi) is 6.66. The molecule has 124 valence electrons. The molecule has 2 aromatic rings. The predicted octanol–water partition coefficient (Wildman–Crippen LogP) is 5.40. The number of rotatable bonds is 8. The first-order chi connectivity index (χ1) is 11.1. The standard InChI is InChI=1S/C21H30N2/c1-5-6-14-22-21-15-20(13-12-17(21)2)18(3)23(4)16-19-10-8-7-9-11-19/h7-13,15,18,22H,5-6,14,16H2,1-4H3. The van der Waals surface area contributed by atoms with Gasteiger partial charge in [-0.05, 0) is 50.1 Å². The summed E-state index contributed by atoms with van der Waals surface area (Å²) in [6.45, 7) is 8.70. The zero-order chi connectivity index (χ0) is 16.7. The predicted molar refractivity (Wildman–Crippen MR) is 101 cm³/mol. The Morgan fingerprint density at radius 2 is 1.83 bits per heavy atom. The molecule has 0 fully saturated rings. The third kappa shape index (κ3) is 5.11. The van der Waals surface area contributed by atoms with Crippen molar-refractivity contribution in [2.24, 2.45) is 0 Å². The van der Waals surface area contributed by atoms with Gasteiger partial charge in [0.15, 0.2) is 0 Å². The molecule has 2 heteroatoms. The number of nitrogens with one attached hydrogen (secondary N) is 1. The van der Waals surface area contributed by atoms with Crippen molar-refractivity contribution < 1.29 is 0 Å². The molecule has 2 nitrogen and oxygen atoms in total. The Balaban J connectivity index is 2.05. The second kappa shape index (κ2) is 8.73. The van der Waals surface area contributed by atoms with Crippen molar-refractivity contribution in [3.05, 3.63) is 65.2 Å². The number of hydrogen-bond acceptors (Lipinski definition) is 2. The third-order valence-corrected chi connectivity index (χ3v) is 4.53. The van der Waals surface area contributed by atoms with Gasteiger partial charge in [0.25, 0.3) is 0 Å². The molecule has 0 radical (unpaired) electrons. The van der Waals surface area contributed by atoms with E-state index in [9.17, 15) is 0 Å². The highest BCUT2D eigenvalue weighted by Crippen LogP contribution is 2.25. The molecule has 2 rings (SSSR count). The van der Waals surface area contributed by atoms with E-state index >= 15 is 0 Å². The number of unbranched alkanes of at least 4 members (excludes halogenated alkanes) is 1. The lowest BCUT2D eigenvalue weighted by atomic mass is 10.0. The Morgan fingerprint density at radius 1 is 1.09 bits per heavy atom. The van der Waals surface area contributed by atoms with Crippen LogP contribution in [0.2, 0.25) is 0 Å². The molecule has 1 unspecified atom stereocenters. The third-order valence-electron chi connectivity index (χ3n) is 4.53. The molecule has 1 atom stereocenters. The smallest absolute Gasteiger partial charge is 0.0373 e. The summed E-state index contributed by atoms with van der Waals surface area (Å²) in [6.07, 6.45) is 2.44. The van der Waals surface area contributed by atoms with Crippen LogP contribution in [0.3, 0.4) is 0 Å². The summed E-state index contributed by atoms with van der Waals surface area (Å²) in [5.41, 5.74) is 5.32. The maximum atomic E-state index is 3.58. The monoisotopic (exact) mass is 310 g/mol. The SMILES string of the molecule is CCCCNc1cc(C(C)N(C)Cc2ccccc2)ccc1C. The number of anilines is 1. The minimum absolute atomic E-state index is 0.391. The van der Waals surface area contributed by atoms with Gasteiger partial charge in [0.1, 0.15) is 0 Å². The van der Waals surface area contributed by atoms with Gasteiger partial charge in [-0.25, -0.2) is 0 Å². The fourth-order valence-corrected chi connectivity index (χ4v) is 2.75. The fourth-order valence-electron chi connectivity index (χ4n) is 2.75. The van der Waals surface area contributed by atoms with Crippen LogP contribution in [0.5, 0.6) is 0 Å². The second-order valence-electron chi connectivity index (χ2n) is 6.43. The minimum atomic E-state index is 0.391. The molecule has 0 aliphatic rings. The van der Waals surface area contributed by atoms with E-state index < -0.39 is 0 Å². The van der Waals surface area contributed by atoms with Crippen LogP contribution in [0.1, 0.15) is 49.4 Å². The number of benzene rings is 2. The Morgan fingerprint density at radius 3 is 2.52 bits per heavy atom. The van der Waals surface area contributed by atoms with Gasteiger partial charge in [-0.3, -0.25) is 4.90 Å². The van der Waals surface area contributed by atoms with Crippen molar-refractivity contribution in [2.45, 2.75) is 46.2 Å². The van der Waals surface area contributed by atoms with Crippen molar-refractivity contribution in [3.63, 3.8) is 0 Å². The maximum Gasteiger partial charge on any atom is 0.0373 e. The van der Waals surface area contributed by atoms with Crippen molar-refractivity contribution in [1.29, 1.82) is 0 Å². The average molecular weight is 310 g/mol. The van der Waals surface area contributed by atoms with Crippen LogP contribution in [0.4, 0.5) is 5.69 Å². The van der Waals surface area contributed by atoms with Crippen LogP contribution >= 0.6 is 0 Å². The molecule has 0 aromatic heterocycles. The van der Waals surface area contributed by atoms with Crippen LogP contribution < -0.4 is 5.32 Å². The van der Waals surface area contributed by atoms with E-state index in [1.165, 1.54) is 35.2 Å². The Labute approximate surface area is 141 Å². The molecule has 0 bridgehead atoms. The summed E-state index contributed by atoms with van der Waals surface area (Å²) in [6, 6.07) is 17.9. The molecule has 0 amide bonds. The highest BCUT2D eigenvalue weighted by Gasteiger charge is 2.13. The summed E-state index contributed by atoms with van der Waals surface area (Å²) in [5, 5.41) is 3.58. The van der Waals surface area contributed by atoms with Crippen molar-refractivity contribution in [3.8, 4) is 0 Å². The molecule has 0 aliphatic carbocycles. The van der Waals surface area contributed by atoms with Crippen molar-refractivity contribution in [1.82, 2.24) is 4.90 Å². The highest BCUT2D eigenvalue weighted by atomic mass is 15.1. The Hall–Kier alpha value is -1.80. The van der Waals surface area contributed by atoms with Crippen LogP contribution in [0.15, 0.2) is 48.5 Å². The molecule has 0 aliphatic heterocycles. The van der Waals surface area contributed by atoms with E-state index in [0.717, 1.165) is 13.1 Å². The van der Waals surface area contributed by atoms with E-state index in [4.69, 9.17) is 0 Å². The molecule has 23 heavy (non-hydrogen) atoms. The summed E-state index contributed by atoms with van der Waals surface area (Å²) in [7, 11) is 2.20. The van der Waals surface area contributed by atoms with Crippen molar-refractivity contribution >= 4 is 5.69 Å². The minimum Gasteiger partial charge on any atom is -0.385 e. The second-order valence-corrected chi connectivity index (χ2v) is 6.43. The molecule has 0 saturated carbocycles. The summed E-state index contributed by atoms with van der Waals surface area (Å²) < 4.78 is 0. The fraction of sp³-hybridized carbons (Fsp3) is 0.429. The van der Waals surface area contributed by atoms with E-state index in [0.29, 0.717) is 6.04 Å². The normalized spacial score (nSPS) is 12.4. The molecule has 2 aromatic carbocycles. The first kappa shape index (κ1) is 17.6. The number of hydrogen-bond donors (Lipinski definition) is 1. The van der Waals surface area contributed by atoms with Gasteiger partial charge in [-0.15, -0.1) is 0 Å². The zero-order valence-electron chi connectivity index (χ0n) is 15.0. The molecule has 0 saturated heterocycles. The quantitative estimate of drug-likeness (QED) is 0.657. The van der Waals surface area contributed by atoms with E-state index in [1.807, 2.05) is 0 Å². The van der Waals surface area contributed by atoms with Gasteiger partial charge in [0.05, 0.1) is 0 Å². The first-order valence-corrected chi connectivity index (χ1v) is 8.70.